The third-order valence-corrected chi connectivity index (χ3v) is 7.56. The van der Waals surface area contributed by atoms with E-state index in [1.54, 1.807) is 4.90 Å². The van der Waals surface area contributed by atoms with Crippen molar-refractivity contribution in [1.82, 2.24) is 10.3 Å². The summed E-state index contributed by atoms with van der Waals surface area (Å²) >= 11 is 6.59. The summed E-state index contributed by atoms with van der Waals surface area (Å²) in [6.07, 6.45) is 15.8. The monoisotopic (exact) mass is 551 g/mol. The minimum atomic E-state index is -3.66. The Morgan fingerprint density at radius 2 is 1.65 bits per heavy atom. The highest BCUT2D eigenvalue weighted by molar-refractivity contribution is 7.85. The number of rotatable bonds is 13. The van der Waals surface area contributed by atoms with Gasteiger partial charge >= 0.3 is 0 Å². The Bertz CT molecular complexity index is 1110. The zero-order chi connectivity index (χ0) is 27.3. The van der Waals surface area contributed by atoms with E-state index in [-0.39, 0.29) is 11.7 Å². The van der Waals surface area contributed by atoms with E-state index >= 15 is 0 Å². The lowest BCUT2D eigenvalue weighted by Crippen LogP contribution is -2.31. The normalized spacial score (nSPS) is 13.2. The predicted octanol–water partition coefficient (Wildman–Crippen LogP) is 6.44. The van der Waals surface area contributed by atoms with Gasteiger partial charge in [-0.25, -0.2) is 0 Å². The van der Waals surface area contributed by atoms with Crippen LogP contribution in [0.1, 0.15) is 82.8 Å². The van der Waals surface area contributed by atoms with Crippen molar-refractivity contribution >= 4 is 33.3 Å². The van der Waals surface area contributed by atoms with Gasteiger partial charge in [-0.05, 0) is 55.6 Å². The van der Waals surface area contributed by atoms with Crippen LogP contribution in [-0.2, 0) is 27.9 Å². The van der Waals surface area contributed by atoms with E-state index in [4.69, 9.17) is 16.2 Å². The molecule has 0 unspecified atom stereocenters. The number of aryl methyl sites for hydroxylation is 1. The van der Waals surface area contributed by atoms with Gasteiger partial charge in [0.1, 0.15) is 0 Å². The zero-order valence-electron chi connectivity index (χ0n) is 22.4. The van der Waals surface area contributed by atoms with Crippen molar-refractivity contribution in [2.75, 3.05) is 24.2 Å². The third kappa shape index (κ3) is 11.1. The molecule has 9 heteroatoms. The molecule has 0 saturated heterocycles. The number of aromatic nitrogens is 1. The molecule has 37 heavy (non-hydrogen) atoms. The van der Waals surface area contributed by atoms with Crippen LogP contribution in [0.4, 0.5) is 5.69 Å². The molecule has 1 aromatic heterocycles. The molecular weight excluding hydrogens is 510 g/mol. The fourth-order valence-corrected chi connectivity index (χ4v) is 4.50. The van der Waals surface area contributed by atoms with Gasteiger partial charge in [-0.1, -0.05) is 63.5 Å². The largest absolute Gasteiger partial charge is 0.315 e. The lowest BCUT2D eigenvalue weighted by molar-refractivity contribution is -0.118. The summed E-state index contributed by atoms with van der Waals surface area (Å²) in [6.45, 7) is 5.49. The molecule has 0 aliphatic carbocycles. The minimum absolute atomic E-state index is 0.141. The van der Waals surface area contributed by atoms with Crippen LogP contribution in [0.15, 0.2) is 30.6 Å². The number of fused-ring (bicyclic) bond motifs is 1. The number of benzene rings is 1. The molecule has 1 aromatic carbocycles. The molecular formula is C28H42ClN3O4S. The van der Waals surface area contributed by atoms with Gasteiger partial charge in [-0.2, -0.15) is 8.42 Å². The first-order valence-electron chi connectivity index (χ1n) is 13.3. The predicted molar refractivity (Wildman–Crippen MR) is 153 cm³/mol. The molecule has 0 radical (unpaired) electrons. The maximum Gasteiger partial charge on any atom is 0.264 e. The molecule has 206 valence electrons. The van der Waals surface area contributed by atoms with Crippen molar-refractivity contribution in [3.05, 3.63) is 46.7 Å². The average molecular weight is 552 g/mol. The molecule has 2 N–H and O–H groups in total. The number of nitrogens with one attached hydrogen (secondary N) is 1. The Balaban J connectivity index is 0.000000717. The second kappa shape index (κ2) is 16.1. The molecule has 0 spiro atoms. The van der Waals surface area contributed by atoms with Crippen LogP contribution in [0.25, 0.3) is 11.1 Å². The Kier molecular flexibility index (Phi) is 13.6. The highest BCUT2D eigenvalue weighted by Gasteiger charge is 2.22. The van der Waals surface area contributed by atoms with E-state index in [2.05, 4.69) is 29.4 Å². The van der Waals surface area contributed by atoms with Gasteiger partial charge in [-0.3, -0.25) is 14.3 Å². The third-order valence-electron chi connectivity index (χ3n) is 6.52. The molecule has 0 bridgehead atoms. The van der Waals surface area contributed by atoms with Crippen LogP contribution in [0, 0.1) is 0 Å². The van der Waals surface area contributed by atoms with Crippen LogP contribution < -0.4 is 10.2 Å². The molecule has 2 heterocycles. The van der Waals surface area contributed by atoms with Gasteiger partial charge < -0.3 is 10.2 Å². The second-order valence-electron chi connectivity index (χ2n) is 9.52. The van der Waals surface area contributed by atoms with E-state index in [1.807, 2.05) is 25.5 Å². The molecule has 0 atom stereocenters. The van der Waals surface area contributed by atoms with Crippen LogP contribution in [0.5, 0.6) is 0 Å². The highest BCUT2D eigenvalue weighted by atomic mass is 35.5. The number of carbonyl (C=O) groups is 1. The maximum atomic E-state index is 12.0. The molecule has 2 aromatic rings. The van der Waals surface area contributed by atoms with Gasteiger partial charge in [0.05, 0.1) is 10.8 Å². The first kappa shape index (κ1) is 31.2. The maximum absolute atomic E-state index is 12.0. The van der Waals surface area contributed by atoms with E-state index in [1.165, 1.54) is 63.9 Å². The Labute approximate surface area is 227 Å². The van der Waals surface area contributed by atoms with E-state index < -0.39 is 10.1 Å². The molecule has 0 saturated carbocycles. The highest BCUT2D eigenvalue weighted by Crippen LogP contribution is 2.37. The average Bonchev–Trinajstić information content (AvgIpc) is 2.87. The summed E-state index contributed by atoms with van der Waals surface area (Å²) < 4.78 is 26.9. The molecule has 1 aliphatic heterocycles. The molecule has 0 fully saturated rings. The van der Waals surface area contributed by atoms with Gasteiger partial charge in [0.2, 0.25) is 5.91 Å². The van der Waals surface area contributed by atoms with Crippen molar-refractivity contribution in [2.24, 2.45) is 0 Å². The van der Waals surface area contributed by atoms with Crippen molar-refractivity contribution in [1.29, 1.82) is 0 Å². The van der Waals surface area contributed by atoms with Crippen molar-refractivity contribution in [2.45, 2.75) is 84.6 Å². The van der Waals surface area contributed by atoms with Crippen LogP contribution in [-0.4, -0.2) is 43.2 Å². The first-order valence-corrected chi connectivity index (χ1v) is 15.3. The number of hydrogen-bond acceptors (Lipinski definition) is 5. The molecule has 1 amide bonds. The van der Waals surface area contributed by atoms with E-state index in [0.29, 0.717) is 11.4 Å². The first-order chi connectivity index (χ1) is 17.7. The Morgan fingerprint density at radius 3 is 2.30 bits per heavy atom. The number of unbranched alkanes of at least 4 members (excludes halogenated alkanes) is 7. The minimum Gasteiger partial charge on any atom is -0.315 e. The number of hydrogen-bond donors (Lipinski definition) is 2. The van der Waals surface area contributed by atoms with Gasteiger partial charge in [0, 0.05) is 49.2 Å². The fourth-order valence-electron chi connectivity index (χ4n) is 4.23. The molecule has 7 nitrogen and oxygen atoms in total. The molecule has 3 rings (SSSR count). The quantitative estimate of drug-likeness (QED) is 0.219. The Hall–Kier alpha value is -2.00. The summed E-state index contributed by atoms with van der Waals surface area (Å²) in [4.78, 5) is 18.1. The van der Waals surface area contributed by atoms with Crippen LogP contribution >= 0.6 is 11.6 Å². The lowest BCUT2D eigenvalue weighted by Gasteiger charge is -2.26. The number of carbonyl (C=O) groups excluding carboxylic acids is 1. The number of amides is 1. The standard InChI is InChI=1S/C26H36ClN3O.C2H6O3S/c1-3-4-5-6-7-8-9-10-13-28-17-20-14-22(19-29-18-20)23-15-21-11-12-26(31)30(2)25(21)16-24(23)27;1-2-6(3,4)5/h14-16,18-19,28H,3-13,17H2,1-2H3;2H2,1H3,(H,3,4,5). The van der Waals surface area contributed by atoms with Gasteiger partial charge in [0.25, 0.3) is 10.1 Å². The topological polar surface area (TPSA) is 99.6 Å². The number of anilines is 1. The summed E-state index contributed by atoms with van der Waals surface area (Å²) in [5, 5.41) is 4.21. The van der Waals surface area contributed by atoms with Crippen molar-refractivity contribution < 1.29 is 17.8 Å². The van der Waals surface area contributed by atoms with Crippen LogP contribution in [0.3, 0.4) is 0 Å². The van der Waals surface area contributed by atoms with E-state index in [0.717, 1.165) is 41.9 Å². The zero-order valence-corrected chi connectivity index (χ0v) is 24.0. The number of pyridine rings is 1. The molecule has 1 aliphatic rings. The Morgan fingerprint density at radius 1 is 1.00 bits per heavy atom. The van der Waals surface area contributed by atoms with Gasteiger partial charge in [-0.15, -0.1) is 0 Å². The summed E-state index contributed by atoms with van der Waals surface area (Å²) in [5.41, 5.74) is 5.26. The van der Waals surface area contributed by atoms with Crippen molar-refractivity contribution in [3.8, 4) is 11.1 Å². The van der Waals surface area contributed by atoms with E-state index in [9.17, 15) is 13.2 Å². The second-order valence-corrected chi connectivity index (χ2v) is 11.7. The summed E-state index contributed by atoms with van der Waals surface area (Å²) in [6, 6.07) is 6.20. The summed E-state index contributed by atoms with van der Waals surface area (Å²) in [7, 11) is -1.85. The fraction of sp³-hybridized carbons (Fsp3) is 0.571. The summed E-state index contributed by atoms with van der Waals surface area (Å²) in [5.74, 6) is -0.0601. The smallest absolute Gasteiger partial charge is 0.264 e. The SMILES string of the molecule is CCCCCCCCCCNCc1cncc(-c2cc3c(cc2Cl)N(C)C(=O)CC3)c1.CCS(=O)(=O)O. The lowest BCUT2D eigenvalue weighted by atomic mass is 9.96. The van der Waals surface area contributed by atoms with Gasteiger partial charge in [0.15, 0.2) is 0 Å². The van der Waals surface area contributed by atoms with Crippen LogP contribution in [0.2, 0.25) is 5.02 Å². The number of nitrogens with zero attached hydrogens (tertiary/aromatic N) is 2. The van der Waals surface area contributed by atoms with Crippen molar-refractivity contribution in [3.63, 3.8) is 0 Å². The number of halogens is 1.